The van der Waals surface area contributed by atoms with E-state index in [1.165, 1.54) is 141 Å². The van der Waals surface area contributed by atoms with Crippen LogP contribution in [0.3, 0.4) is 0 Å². The van der Waals surface area contributed by atoms with Crippen molar-refractivity contribution in [2.45, 2.75) is 88.9 Å². The Morgan fingerprint density at radius 3 is 2.04 bits per heavy atom. The van der Waals surface area contributed by atoms with Crippen LogP contribution < -0.4 is 4.90 Å². The topological polar surface area (TPSA) is 3.24 Å². The Morgan fingerprint density at radius 1 is 0.509 bits per heavy atom. The van der Waals surface area contributed by atoms with E-state index in [1.54, 1.807) is 0 Å². The normalized spacial score (nSPS) is 20.8. The monoisotopic (exact) mass is 739 g/mol. The zero-order valence-electron chi connectivity index (χ0n) is 33.6. The standard InChI is InChI=1S/C56H53N/c1-56(2)53-36-45(31-32-49(53)51-21-12-20-47(55(51)56)43-26-25-38-13-6-7-16-41(38)35-43)57(44-29-27-40(28-30-44)52-34-37-23-24-42(52)33-37)54-22-11-10-19-50(54)48-18-9-8-17-46(48)39-14-4-3-5-15-39/h6-13,16-22,25-32,35-37,39,42,52H,3-5,14-15,23-24,33-34H2,1-2H3. The molecule has 0 heterocycles. The number of benzene rings is 7. The molecule has 4 aliphatic rings. The summed E-state index contributed by atoms with van der Waals surface area (Å²) < 4.78 is 0. The van der Waals surface area contributed by atoms with Crippen molar-refractivity contribution in [2.75, 3.05) is 4.90 Å². The van der Waals surface area contributed by atoms with Gasteiger partial charge < -0.3 is 4.90 Å². The molecule has 7 aromatic carbocycles. The lowest BCUT2D eigenvalue weighted by molar-refractivity contribution is 0.420. The van der Waals surface area contributed by atoms with Crippen molar-refractivity contribution in [2.24, 2.45) is 11.8 Å². The molecule has 7 aromatic rings. The maximum atomic E-state index is 2.57. The first-order chi connectivity index (χ1) is 28.0. The van der Waals surface area contributed by atoms with Crippen LogP contribution in [0, 0.1) is 11.8 Å². The summed E-state index contributed by atoms with van der Waals surface area (Å²) in [7, 11) is 0. The van der Waals surface area contributed by atoms with E-state index in [-0.39, 0.29) is 5.41 Å². The number of hydrogen-bond acceptors (Lipinski definition) is 1. The molecule has 0 N–H and O–H groups in total. The number of anilines is 3. The van der Waals surface area contributed by atoms with Crippen molar-refractivity contribution in [3.63, 3.8) is 0 Å². The Labute approximate surface area is 339 Å². The molecule has 3 saturated carbocycles. The van der Waals surface area contributed by atoms with Gasteiger partial charge in [0.05, 0.1) is 5.69 Å². The van der Waals surface area contributed by atoms with Crippen LogP contribution in [-0.4, -0.2) is 0 Å². The lowest BCUT2D eigenvalue weighted by atomic mass is 9.78. The lowest BCUT2D eigenvalue weighted by Crippen LogP contribution is -2.18. The van der Waals surface area contributed by atoms with Crippen LogP contribution in [0.15, 0.2) is 152 Å². The summed E-state index contributed by atoms with van der Waals surface area (Å²) in [6, 6.07) is 58.2. The van der Waals surface area contributed by atoms with Gasteiger partial charge >= 0.3 is 0 Å². The Hall–Kier alpha value is -5.40. The maximum Gasteiger partial charge on any atom is 0.0540 e. The molecule has 282 valence electrons. The highest BCUT2D eigenvalue weighted by Crippen LogP contribution is 2.56. The van der Waals surface area contributed by atoms with Gasteiger partial charge in [0.1, 0.15) is 0 Å². The maximum absolute atomic E-state index is 2.57. The number of para-hydroxylation sites is 1. The molecule has 0 saturated heterocycles. The molecule has 57 heavy (non-hydrogen) atoms. The average Bonchev–Trinajstić information content (AvgIpc) is 3.97. The highest BCUT2D eigenvalue weighted by Gasteiger charge is 2.41. The summed E-state index contributed by atoms with van der Waals surface area (Å²) >= 11 is 0. The molecule has 3 atom stereocenters. The summed E-state index contributed by atoms with van der Waals surface area (Å²) in [5.74, 6) is 3.15. The number of nitrogens with zero attached hydrogens (tertiary/aromatic N) is 1. The van der Waals surface area contributed by atoms with Crippen molar-refractivity contribution in [1.29, 1.82) is 0 Å². The van der Waals surface area contributed by atoms with Gasteiger partial charge in [0.15, 0.2) is 0 Å². The van der Waals surface area contributed by atoms with Crippen LogP contribution in [0.1, 0.15) is 106 Å². The van der Waals surface area contributed by atoms with Gasteiger partial charge in [-0.2, -0.15) is 0 Å². The molecule has 0 radical (unpaired) electrons. The van der Waals surface area contributed by atoms with Crippen molar-refractivity contribution in [3.05, 3.63) is 174 Å². The lowest BCUT2D eigenvalue weighted by Gasteiger charge is -2.31. The molecule has 0 aliphatic heterocycles. The summed E-state index contributed by atoms with van der Waals surface area (Å²) in [5, 5.41) is 2.57. The minimum Gasteiger partial charge on any atom is -0.310 e. The van der Waals surface area contributed by atoms with Crippen molar-refractivity contribution in [3.8, 4) is 33.4 Å². The fourth-order valence-corrected chi connectivity index (χ4v) is 12.0. The van der Waals surface area contributed by atoms with Crippen LogP contribution in [0.2, 0.25) is 0 Å². The fourth-order valence-electron chi connectivity index (χ4n) is 12.0. The smallest absolute Gasteiger partial charge is 0.0540 e. The van der Waals surface area contributed by atoms with Gasteiger partial charge in [0, 0.05) is 22.4 Å². The largest absolute Gasteiger partial charge is 0.310 e. The van der Waals surface area contributed by atoms with E-state index in [2.05, 4.69) is 170 Å². The summed E-state index contributed by atoms with van der Waals surface area (Å²) in [6.45, 7) is 4.88. The van der Waals surface area contributed by atoms with E-state index in [9.17, 15) is 0 Å². The molecule has 2 bridgehead atoms. The van der Waals surface area contributed by atoms with E-state index in [1.807, 2.05) is 0 Å². The summed E-state index contributed by atoms with van der Waals surface area (Å²) in [5.41, 5.74) is 17.4. The van der Waals surface area contributed by atoms with E-state index in [0.29, 0.717) is 5.92 Å². The number of fused-ring (bicyclic) bond motifs is 6. The van der Waals surface area contributed by atoms with Gasteiger partial charge in [-0.1, -0.05) is 155 Å². The molecular formula is C56H53N. The zero-order chi connectivity index (χ0) is 38.1. The highest BCUT2D eigenvalue weighted by molar-refractivity contribution is 5.95. The van der Waals surface area contributed by atoms with Gasteiger partial charge in [0.2, 0.25) is 0 Å². The predicted molar refractivity (Wildman–Crippen MR) is 241 cm³/mol. The second-order valence-corrected chi connectivity index (χ2v) is 18.3. The molecule has 1 nitrogen and oxygen atoms in total. The van der Waals surface area contributed by atoms with Crippen LogP contribution in [-0.2, 0) is 5.41 Å². The molecule has 4 aliphatic carbocycles. The molecular weight excluding hydrogens is 687 g/mol. The van der Waals surface area contributed by atoms with Crippen LogP contribution in [0.4, 0.5) is 17.1 Å². The van der Waals surface area contributed by atoms with E-state index in [0.717, 1.165) is 17.8 Å². The second kappa shape index (κ2) is 13.9. The fraction of sp³-hybridized carbons (Fsp3) is 0.286. The van der Waals surface area contributed by atoms with Crippen molar-refractivity contribution >= 4 is 27.8 Å². The Balaban J connectivity index is 1.05. The minimum atomic E-state index is -0.187. The quantitative estimate of drug-likeness (QED) is 0.157. The predicted octanol–water partition coefficient (Wildman–Crippen LogP) is 15.9. The Bertz CT molecular complexity index is 2620. The van der Waals surface area contributed by atoms with Crippen LogP contribution in [0.5, 0.6) is 0 Å². The molecule has 3 fully saturated rings. The molecule has 1 heteroatoms. The summed E-state index contributed by atoms with van der Waals surface area (Å²) in [4.78, 5) is 2.57. The van der Waals surface area contributed by atoms with E-state index >= 15 is 0 Å². The molecule has 0 aromatic heterocycles. The Morgan fingerprint density at radius 2 is 1.23 bits per heavy atom. The van der Waals surface area contributed by atoms with Gasteiger partial charge in [-0.25, -0.2) is 0 Å². The first kappa shape index (κ1) is 34.8. The number of rotatable bonds is 7. The zero-order valence-corrected chi connectivity index (χ0v) is 33.6. The van der Waals surface area contributed by atoms with Crippen LogP contribution in [0.25, 0.3) is 44.2 Å². The third-order valence-electron chi connectivity index (χ3n) is 14.7. The highest BCUT2D eigenvalue weighted by atomic mass is 15.1. The van der Waals surface area contributed by atoms with E-state index in [4.69, 9.17) is 0 Å². The first-order valence-corrected chi connectivity index (χ1v) is 21.9. The average molecular weight is 740 g/mol. The molecule has 0 amide bonds. The molecule has 11 rings (SSSR count). The van der Waals surface area contributed by atoms with Crippen LogP contribution >= 0.6 is 0 Å². The van der Waals surface area contributed by atoms with Gasteiger partial charge in [-0.05, 0) is 153 Å². The summed E-state index contributed by atoms with van der Waals surface area (Å²) in [6.07, 6.45) is 12.3. The van der Waals surface area contributed by atoms with Crippen molar-refractivity contribution < 1.29 is 0 Å². The first-order valence-electron chi connectivity index (χ1n) is 21.9. The second-order valence-electron chi connectivity index (χ2n) is 18.3. The van der Waals surface area contributed by atoms with E-state index < -0.39 is 0 Å². The molecule has 0 spiro atoms. The third kappa shape index (κ3) is 5.88. The minimum absolute atomic E-state index is 0.187. The third-order valence-corrected chi connectivity index (χ3v) is 14.7. The van der Waals surface area contributed by atoms with Gasteiger partial charge in [-0.3, -0.25) is 0 Å². The molecule has 3 unspecified atom stereocenters. The van der Waals surface area contributed by atoms with Crippen molar-refractivity contribution in [1.82, 2.24) is 0 Å². The SMILES string of the molecule is CC1(C)c2cc(N(c3ccc(C4CC5CCC4C5)cc3)c3ccccc3-c3ccccc3C3CCCCC3)ccc2-c2cccc(-c3ccc4ccccc4c3)c21. The van der Waals surface area contributed by atoms with Gasteiger partial charge in [0.25, 0.3) is 0 Å². The number of hydrogen-bond donors (Lipinski definition) is 0. The Kier molecular flexibility index (Phi) is 8.50. The van der Waals surface area contributed by atoms with Gasteiger partial charge in [-0.15, -0.1) is 0 Å².